The van der Waals surface area contributed by atoms with Gasteiger partial charge in [-0.2, -0.15) is 5.10 Å². The van der Waals surface area contributed by atoms with Crippen molar-refractivity contribution in [1.29, 1.82) is 0 Å². The van der Waals surface area contributed by atoms with Gasteiger partial charge in [0, 0.05) is 23.4 Å². The molecule has 1 aliphatic rings. The summed E-state index contributed by atoms with van der Waals surface area (Å²) in [6.07, 6.45) is 3.45. The van der Waals surface area contributed by atoms with E-state index in [4.69, 9.17) is 4.74 Å². The van der Waals surface area contributed by atoms with Crippen molar-refractivity contribution in [3.05, 3.63) is 89.4 Å². The zero-order valence-electron chi connectivity index (χ0n) is 18.3. The lowest BCUT2D eigenvalue weighted by molar-refractivity contribution is 0.398. The third kappa shape index (κ3) is 4.22. The lowest BCUT2D eigenvalue weighted by atomic mass is 9.84. The van der Waals surface area contributed by atoms with E-state index in [0.29, 0.717) is 23.7 Å². The van der Waals surface area contributed by atoms with Crippen molar-refractivity contribution in [3.63, 3.8) is 0 Å². The number of hydrogen-bond donors (Lipinski definition) is 0. The summed E-state index contributed by atoms with van der Waals surface area (Å²) in [5.41, 5.74) is 5.82. The lowest BCUT2D eigenvalue weighted by Gasteiger charge is -2.28. The van der Waals surface area contributed by atoms with E-state index in [9.17, 15) is 4.39 Å². The predicted octanol–water partition coefficient (Wildman–Crippen LogP) is 6.01. The molecule has 0 bridgehead atoms. The number of pyridine rings is 1. The largest absolute Gasteiger partial charge is 0.481 e. The zero-order chi connectivity index (χ0) is 22.2. The number of ether oxygens (including phenoxy) is 1. The minimum absolute atomic E-state index is 0.136. The quantitative estimate of drug-likeness (QED) is 0.523. The Morgan fingerprint density at radius 3 is 2.45 bits per heavy atom. The summed E-state index contributed by atoms with van der Waals surface area (Å²) in [5.74, 6) is 0.321. The molecule has 0 saturated carbocycles. The second-order valence-corrected chi connectivity index (χ2v) is 8.71. The Balaban J connectivity index is 1.55. The highest BCUT2D eigenvalue weighted by Crippen LogP contribution is 2.33. The molecule has 1 aromatic heterocycles. The summed E-state index contributed by atoms with van der Waals surface area (Å²) in [5, 5.41) is 6.27. The monoisotopic (exact) mass is 415 g/mol. The lowest BCUT2D eigenvalue weighted by Crippen LogP contribution is -2.22. The molecule has 1 aliphatic heterocycles. The molecule has 4 rings (SSSR count). The number of aromatic nitrogens is 1. The van der Waals surface area contributed by atoms with Gasteiger partial charge in [0.1, 0.15) is 5.82 Å². The van der Waals surface area contributed by atoms with Gasteiger partial charge < -0.3 is 4.74 Å². The smallest absolute Gasteiger partial charge is 0.213 e. The van der Waals surface area contributed by atoms with E-state index in [1.165, 1.54) is 0 Å². The average Bonchev–Trinajstić information content (AvgIpc) is 2.75. The van der Waals surface area contributed by atoms with E-state index in [-0.39, 0.29) is 11.2 Å². The van der Waals surface area contributed by atoms with Crippen LogP contribution in [0.2, 0.25) is 0 Å². The topological polar surface area (TPSA) is 37.7 Å². The van der Waals surface area contributed by atoms with Gasteiger partial charge in [0.05, 0.1) is 25.6 Å². The Bertz CT molecular complexity index is 1160. The SMILES string of the molecule is C=C1c2c(F)cc(C(C)(C)C)cc2C=NN1Cc1ccc(-c2ccnc(OC)c2)cc1. The molecule has 0 N–H and O–H groups in total. The van der Waals surface area contributed by atoms with Crippen molar-refractivity contribution in [3.8, 4) is 17.0 Å². The summed E-state index contributed by atoms with van der Waals surface area (Å²) in [7, 11) is 1.60. The number of hydrazone groups is 1. The van der Waals surface area contributed by atoms with E-state index in [1.54, 1.807) is 30.6 Å². The van der Waals surface area contributed by atoms with Crippen LogP contribution in [0.25, 0.3) is 16.8 Å². The van der Waals surface area contributed by atoms with Crippen LogP contribution in [0.5, 0.6) is 5.88 Å². The Labute approximate surface area is 182 Å². The van der Waals surface area contributed by atoms with Crippen molar-refractivity contribution >= 4 is 11.9 Å². The highest BCUT2D eigenvalue weighted by atomic mass is 19.1. The maximum atomic E-state index is 15.0. The van der Waals surface area contributed by atoms with Gasteiger partial charge in [-0.05, 0) is 45.9 Å². The van der Waals surface area contributed by atoms with Crippen molar-refractivity contribution in [2.24, 2.45) is 5.10 Å². The van der Waals surface area contributed by atoms with Gasteiger partial charge in [0.2, 0.25) is 5.88 Å². The third-order valence-electron chi connectivity index (χ3n) is 5.49. The van der Waals surface area contributed by atoms with Crippen molar-refractivity contribution in [2.45, 2.75) is 32.7 Å². The first-order chi connectivity index (χ1) is 14.8. The first-order valence-corrected chi connectivity index (χ1v) is 10.2. The van der Waals surface area contributed by atoms with Gasteiger partial charge in [0.15, 0.2) is 0 Å². The molecule has 4 nitrogen and oxygen atoms in total. The van der Waals surface area contributed by atoms with Gasteiger partial charge in [-0.15, -0.1) is 0 Å². The van der Waals surface area contributed by atoms with Crippen molar-refractivity contribution in [1.82, 2.24) is 9.99 Å². The fourth-order valence-corrected chi connectivity index (χ4v) is 3.61. The van der Waals surface area contributed by atoms with Gasteiger partial charge in [0.25, 0.3) is 0 Å². The second kappa shape index (κ2) is 7.99. The number of benzene rings is 2. The molecule has 0 radical (unpaired) electrons. The number of nitrogens with zero attached hydrogens (tertiary/aromatic N) is 3. The fourth-order valence-electron chi connectivity index (χ4n) is 3.61. The molecular weight excluding hydrogens is 389 g/mol. The number of hydrogen-bond acceptors (Lipinski definition) is 4. The van der Waals surface area contributed by atoms with Crippen LogP contribution in [0.15, 0.2) is 66.4 Å². The molecule has 5 heteroatoms. The van der Waals surface area contributed by atoms with Gasteiger partial charge >= 0.3 is 0 Å². The summed E-state index contributed by atoms with van der Waals surface area (Å²) >= 11 is 0. The summed E-state index contributed by atoms with van der Waals surface area (Å²) in [6.45, 7) is 10.8. The molecule has 0 spiro atoms. The summed E-state index contributed by atoms with van der Waals surface area (Å²) < 4.78 is 20.2. The highest BCUT2D eigenvalue weighted by Gasteiger charge is 2.24. The van der Waals surface area contributed by atoms with E-state index < -0.39 is 0 Å². The molecule has 2 heterocycles. The van der Waals surface area contributed by atoms with Crippen LogP contribution in [-0.2, 0) is 12.0 Å². The van der Waals surface area contributed by atoms with E-state index >= 15 is 0 Å². The predicted molar refractivity (Wildman–Crippen MR) is 123 cm³/mol. The molecule has 0 saturated heterocycles. The molecule has 0 atom stereocenters. The minimum Gasteiger partial charge on any atom is -0.481 e. The second-order valence-electron chi connectivity index (χ2n) is 8.71. The first kappa shape index (κ1) is 20.8. The molecule has 3 aromatic rings. The standard InChI is InChI=1S/C26H26FN3O/c1-17-25-21(12-22(14-23(25)27)26(2,3)4)15-29-30(17)16-18-6-8-19(9-7-18)20-10-11-28-24(13-20)31-5/h6-15H,1,16H2,2-5H3. The van der Waals surface area contributed by atoms with E-state index in [2.05, 4.69) is 37.4 Å². The molecule has 0 amide bonds. The normalized spacial score (nSPS) is 13.3. The van der Waals surface area contributed by atoms with Crippen LogP contribution in [0.1, 0.15) is 43.0 Å². The zero-order valence-corrected chi connectivity index (χ0v) is 18.3. The number of fused-ring (bicyclic) bond motifs is 1. The summed E-state index contributed by atoms with van der Waals surface area (Å²) in [4.78, 5) is 4.15. The molecule has 158 valence electrons. The van der Waals surface area contributed by atoms with Crippen molar-refractivity contribution in [2.75, 3.05) is 7.11 Å². The van der Waals surface area contributed by atoms with Gasteiger partial charge in [-0.25, -0.2) is 9.37 Å². The van der Waals surface area contributed by atoms with Gasteiger partial charge in [-0.3, -0.25) is 5.01 Å². The van der Waals surface area contributed by atoms with E-state index in [0.717, 1.165) is 27.8 Å². The van der Waals surface area contributed by atoms with E-state index in [1.807, 2.05) is 42.5 Å². The molecule has 0 fully saturated rings. The maximum absolute atomic E-state index is 15.0. The number of halogens is 1. The molecule has 2 aromatic carbocycles. The summed E-state index contributed by atoms with van der Waals surface area (Å²) in [6, 6.07) is 15.6. The Kier molecular flexibility index (Phi) is 5.36. The molecule has 0 unspecified atom stereocenters. The Hall–Kier alpha value is -3.47. The van der Waals surface area contributed by atoms with Crippen LogP contribution >= 0.6 is 0 Å². The fraction of sp³-hybridized carbons (Fsp3) is 0.231. The van der Waals surface area contributed by atoms with Crippen LogP contribution in [0.4, 0.5) is 4.39 Å². The first-order valence-electron chi connectivity index (χ1n) is 10.2. The van der Waals surface area contributed by atoms with Crippen molar-refractivity contribution < 1.29 is 9.13 Å². The average molecular weight is 416 g/mol. The van der Waals surface area contributed by atoms with Crippen LogP contribution in [0.3, 0.4) is 0 Å². The number of rotatable bonds is 4. The minimum atomic E-state index is -0.259. The maximum Gasteiger partial charge on any atom is 0.213 e. The Morgan fingerprint density at radius 2 is 1.77 bits per heavy atom. The van der Waals surface area contributed by atoms with Crippen LogP contribution in [0, 0.1) is 5.82 Å². The van der Waals surface area contributed by atoms with Crippen LogP contribution in [-0.4, -0.2) is 23.3 Å². The molecule has 0 aliphatic carbocycles. The third-order valence-corrected chi connectivity index (χ3v) is 5.49. The van der Waals surface area contributed by atoms with Gasteiger partial charge in [-0.1, -0.05) is 51.6 Å². The highest BCUT2D eigenvalue weighted by molar-refractivity contribution is 5.91. The Morgan fingerprint density at radius 1 is 1.03 bits per heavy atom. The molecule has 31 heavy (non-hydrogen) atoms. The van der Waals surface area contributed by atoms with Crippen LogP contribution < -0.4 is 4.74 Å². The number of methoxy groups -OCH3 is 1. The molecular formula is C26H26FN3O.